The Morgan fingerprint density at radius 1 is 1.11 bits per heavy atom. The SMILES string of the molecule is CCc1c2[nH]c(c1C)/C(=C\O)C1=Nc3c(cccc3C1(C)CC)C1=NC(=C3C(=O)CC4=C(C)C(=C2)N=C43)C(CCC(=O)OC)=C1C. The number of fused-ring (bicyclic) bond motifs is 5. The first-order valence-electron chi connectivity index (χ1n) is 16.0. The molecule has 1 aliphatic carbocycles. The summed E-state index contributed by atoms with van der Waals surface area (Å²) in [5.41, 5.74) is 14.5. The second kappa shape index (κ2) is 10.6. The van der Waals surface area contributed by atoms with Crippen LogP contribution in [0.5, 0.6) is 0 Å². The molecule has 1 aromatic heterocycles. The lowest BCUT2D eigenvalue weighted by atomic mass is 9.73. The number of allylic oxidation sites excluding steroid dienone is 6. The van der Waals surface area contributed by atoms with Gasteiger partial charge >= 0.3 is 5.97 Å². The van der Waals surface area contributed by atoms with Crippen LogP contribution in [0.2, 0.25) is 0 Å². The average Bonchev–Trinajstić information content (AvgIpc) is 3.80. The number of aromatic nitrogens is 1. The molecule has 5 aliphatic rings. The van der Waals surface area contributed by atoms with Crippen molar-refractivity contribution in [3.63, 3.8) is 0 Å². The fourth-order valence-corrected chi connectivity index (χ4v) is 7.74. The third-order valence-electron chi connectivity index (χ3n) is 10.6. The van der Waals surface area contributed by atoms with Crippen molar-refractivity contribution < 1.29 is 19.4 Å². The summed E-state index contributed by atoms with van der Waals surface area (Å²) in [6.07, 6.45) is 5.59. The van der Waals surface area contributed by atoms with Gasteiger partial charge in [-0.1, -0.05) is 32.0 Å². The molecule has 1 atom stereocenters. The number of para-hydroxylation sites is 1. The largest absolute Gasteiger partial charge is 0.515 e. The standard InChI is InChI=1S/C38H38N4O4/c1-8-21-19(4)33-25(17-43)37-38(6,9-2)26-12-10-11-23(34(26)42-37)32-20(5)22(13-14-30(45)46-7)35(41-32)31-29(44)15-24-18(3)27(39-36(24)31)16-28(21)40-33/h10-12,16-17,40,43H,8-9,13-15H2,1-7H3/b25-17+,27-16?,35-31?. The third kappa shape index (κ3) is 4.01. The second-order valence-electron chi connectivity index (χ2n) is 12.8. The van der Waals surface area contributed by atoms with Gasteiger partial charge in [0.1, 0.15) is 0 Å². The Balaban J connectivity index is 1.59. The Morgan fingerprint density at radius 3 is 2.59 bits per heavy atom. The Morgan fingerprint density at radius 2 is 1.89 bits per heavy atom. The summed E-state index contributed by atoms with van der Waals surface area (Å²) in [5.74, 6) is -0.336. The number of aromatic amines is 1. The predicted molar refractivity (Wildman–Crippen MR) is 182 cm³/mol. The summed E-state index contributed by atoms with van der Waals surface area (Å²) in [5, 5.41) is 10.9. The number of H-pyrrole nitrogens is 1. The number of nitrogens with zero attached hydrogens (tertiary/aromatic N) is 3. The maximum absolute atomic E-state index is 13.8. The summed E-state index contributed by atoms with van der Waals surface area (Å²) in [6.45, 7) is 12.6. The molecule has 7 rings (SSSR count). The minimum Gasteiger partial charge on any atom is -0.515 e. The number of carbonyl (C=O) groups excluding carboxylic acids is 2. The predicted octanol–water partition coefficient (Wildman–Crippen LogP) is 7.66. The van der Waals surface area contributed by atoms with E-state index < -0.39 is 5.41 Å². The lowest BCUT2D eigenvalue weighted by Crippen LogP contribution is -2.30. The zero-order valence-electron chi connectivity index (χ0n) is 27.4. The molecule has 5 heterocycles. The number of aliphatic hydroxyl groups is 1. The van der Waals surface area contributed by atoms with Crippen molar-refractivity contribution in [3.05, 3.63) is 97.4 Å². The number of benzene rings is 1. The van der Waals surface area contributed by atoms with Crippen LogP contribution < -0.4 is 0 Å². The van der Waals surface area contributed by atoms with Gasteiger partial charge in [-0.2, -0.15) is 0 Å². The van der Waals surface area contributed by atoms with Crippen LogP contribution in [0.1, 0.15) is 93.9 Å². The number of hydrogen-bond donors (Lipinski definition) is 2. The molecule has 8 heteroatoms. The lowest BCUT2D eigenvalue weighted by Gasteiger charge is -2.27. The average molecular weight is 615 g/mol. The molecule has 0 spiro atoms. The first-order chi connectivity index (χ1) is 22.1. The summed E-state index contributed by atoms with van der Waals surface area (Å²) < 4.78 is 4.98. The number of methoxy groups -OCH3 is 1. The molecule has 1 saturated carbocycles. The normalized spacial score (nSPS) is 22.2. The topological polar surface area (TPSA) is 116 Å². The number of nitrogens with one attached hydrogen (secondary N) is 1. The maximum Gasteiger partial charge on any atom is 0.305 e. The molecular formula is C38H38N4O4. The van der Waals surface area contributed by atoms with Crippen molar-refractivity contribution >= 4 is 46.2 Å². The highest BCUT2D eigenvalue weighted by Gasteiger charge is 2.44. The summed E-state index contributed by atoms with van der Waals surface area (Å²) in [4.78, 5) is 45.3. The van der Waals surface area contributed by atoms with Crippen molar-refractivity contribution in [2.24, 2.45) is 15.0 Å². The Labute approximate surface area is 268 Å². The van der Waals surface area contributed by atoms with Gasteiger partial charge in [0, 0.05) is 29.5 Å². The summed E-state index contributed by atoms with van der Waals surface area (Å²) in [7, 11) is 1.38. The molecule has 1 aromatic carbocycles. The molecule has 0 radical (unpaired) electrons. The number of aliphatic hydroxyl groups excluding tert-OH is 1. The lowest BCUT2D eigenvalue weighted by molar-refractivity contribution is -0.140. The van der Waals surface area contributed by atoms with E-state index in [0.29, 0.717) is 29.0 Å². The number of Topliss-reactive ketones (excluding diaryl/α,β-unsaturated/α-hetero) is 1. The highest BCUT2D eigenvalue weighted by Crippen LogP contribution is 2.50. The van der Waals surface area contributed by atoms with Crippen molar-refractivity contribution in [3.8, 4) is 0 Å². The summed E-state index contributed by atoms with van der Waals surface area (Å²) >= 11 is 0. The second-order valence-corrected chi connectivity index (χ2v) is 12.8. The number of esters is 1. The minimum atomic E-state index is -0.484. The van der Waals surface area contributed by atoms with E-state index in [1.165, 1.54) is 13.4 Å². The van der Waals surface area contributed by atoms with Crippen LogP contribution in [0.15, 0.2) is 78.7 Å². The van der Waals surface area contributed by atoms with Crippen molar-refractivity contribution in [1.82, 2.24) is 4.98 Å². The van der Waals surface area contributed by atoms with Gasteiger partial charge in [-0.15, -0.1) is 0 Å². The summed E-state index contributed by atoms with van der Waals surface area (Å²) in [6, 6.07) is 6.16. The molecule has 4 aliphatic heterocycles. The molecule has 2 N–H and O–H groups in total. The number of ketones is 1. The van der Waals surface area contributed by atoms with E-state index in [2.05, 4.69) is 44.8 Å². The molecule has 1 unspecified atom stereocenters. The molecular weight excluding hydrogens is 576 g/mol. The number of rotatable bonds is 5. The third-order valence-corrected chi connectivity index (χ3v) is 10.6. The van der Waals surface area contributed by atoms with E-state index in [4.69, 9.17) is 19.7 Å². The molecule has 46 heavy (non-hydrogen) atoms. The Hall–Kier alpha value is -4.85. The molecule has 1 fully saturated rings. The van der Waals surface area contributed by atoms with E-state index in [-0.39, 0.29) is 24.6 Å². The van der Waals surface area contributed by atoms with Gasteiger partial charge in [-0.05, 0) is 92.0 Å². The fraction of sp³-hybridized carbons (Fsp3) is 0.342. The highest BCUT2D eigenvalue weighted by atomic mass is 16.5. The highest BCUT2D eigenvalue weighted by molar-refractivity contribution is 6.38. The molecule has 0 amide bonds. The van der Waals surface area contributed by atoms with Crippen LogP contribution in [-0.2, 0) is 26.2 Å². The van der Waals surface area contributed by atoms with Crippen LogP contribution in [0.4, 0.5) is 5.69 Å². The molecule has 8 nitrogen and oxygen atoms in total. The van der Waals surface area contributed by atoms with Crippen LogP contribution >= 0.6 is 0 Å². The van der Waals surface area contributed by atoms with Crippen LogP contribution in [0.3, 0.4) is 0 Å². The van der Waals surface area contributed by atoms with Crippen LogP contribution in [0.25, 0.3) is 11.6 Å². The zero-order valence-corrected chi connectivity index (χ0v) is 27.4. The number of ether oxygens (including phenoxy) is 1. The van der Waals surface area contributed by atoms with Crippen molar-refractivity contribution in [1.29, 1.82) is 0 Å². The van der Waals surface area contributed by atoms with E-state index in [1.807, 2.05) is 26.0 Å². The number of carbonyl (C=O) groups is 2. The van der Waals surface area contributed by atoms with Crippen LogP contribution in [0, 0.1) is 6.92 Å². The smallest absolute Gasteiger partial charge is 0.305 e. The molecule has 8 bridgehead atoms. The van der Waals surface area contributed by atoms with E-state index in [1.54, 1.807) is 0 Å². The van der Waals surface area contributed by atoms with Gasteiger partial charge < -0.3 is 14.8 Å². The fourth-order valence-electron chi connectivity index (χ4n) is 7.74. The number of aliphatic imine (C=N–C) groups is 3. The first-order valence-corrected chi connectivity index (χ1v) is 16.0. The van der Waals surface area contributed by atoms with Gasteiger partial charge in [0.15, 0.2) is 5.78 Å². The van der Waals surface area contributed by atoms with Crippen molar-refractivity contribution in [2.75, 3.05) is 7.11 Å². The first kappa shape index (κ1) is 29.8. The number of hydrogen-bond acceptors (Lipinski definition) is 7. The molecule has 2 aromatic rings. The molecule has 0 saturated heterocycles. The maximum atomic E-state index is 13.8. The van der Waals surface area contributed by atoms with E-state index >= 15 is 0 Å². The Kier molecular flexibility index (Phi) is 6.88. The minimum absolute atomic E-state index is 0.0150. The van der Waals surface area contributed by atoms with Gasteiger partial charge in [-0.25, -0.2) is 9.98 Å². The van der Waals surface area contributed by atoms with Gasteiger partial charge in [0.05, 0.1) is 64.4 Å². The van der Waals surface area contributed by atoms with Gasteiger partial charge in [-0.3, -0.25) is 14.6 Å². The molecule has 234 valence electrons. The van der Waals surface area contributed by atoms with Gasteiger partial charge in [0.25, 0.3) is 0 Å². The van der Waals surface area contributed by atoms with Gasteiger partial charge in [0.2, 0.25) is 0 Å². The van der Waals surface area contributed by atoms with E-state index in [0.717, 1.165) is 91.6 Å². The van der Waals surface area contributed by atoms with Crippen molar-refractivity contribution in [2.45, 2.75) is 79.1 Å². The van der Waals surface area contributed by atoms with Crippen LogP contribution in [-0.4, -0.2) is 46.1 Å². The van der Waals surface area contributed by atoms with E-state index in [9.17, 15) is 14.7 Å². The zero-order chi connectivity index (χ0) is 32.7. The quantitative estimate of drug-likeness (QED) is 0.266. The monoisotopic (exact) mass is 614 g/mol. The Bertz CT molecular complexity index is 2060.